The monoisotopic (exact) mass is 271 g/mol. The Morgan fingerprint density at radius 2 is 2.15 bits per heavy atom. The molecule has 1 saturated heterocycles. The van der Waals surface area contributed by atoms with Crippen LogP contribution < -0.4 is 0 Å². The van der Waals surface area contributed by atoms with Crippen molar-refractivity contribution in [3.8, 4) is 11.8 Å². The third-order valence-electron chi connectivity index (χ3n) is 3.86. The van der Waals surface area contributed by atoms with Crippen LogP contribution in [0.2, 0.25) is 0 Å². The average molecular weight is 271 g/mol. The summed E-state index contributed by atoms with van der Waals surface area (Å²) < 4.78 is 0. The number of benzene rings is 1. The predicted molar refractivity (Wildman–Crippen MR) is 79.3 cm³/mol. The Morgan fingerprint density at radius 3 is 2.85 bits per heavy atom. The van der Waals surface area contributed by atoms with Crippen LogP contribution in [0.4, 0.5) is 0 Å². The van der Waals surface area contributed by atoms with Gasteiger partial charge < -0.3 is 10.0 Å². The first-order chi connectivity index (χ1) is 9.63. The molecule has 2 rings (SSSR count). The third kappa shape index (κ3) is 3.20. The lowest BCUT2D eigenvalue weighted by atomic mass is 9.92. The number of aliphatic hydroxyl groups is 1. The topological polar surface area (TPSA) is 40.5 Å². The quantitative estimate of drug-likeness (QED) is 0.796. The molecule has 1 heterocycles. The van der Waals surface area contributed by atoms with Gasteiger partial charge in [0.05, 0.1) is 5.56 Å². The smallest absolute Gasteiger partial charge is 0.255 e. The standard InChI is InChI=1S/C17H21NO2/c1-13-9-10-18(14(2)12-13)17(20)16-8-4-3-6-15(16)7-5-11-19/h3-4,6,8,13-14,19H,9-12H2,1-2H3. The van der Waals surface area contributed by atoms with Crippen LogP contribution in [0.25, 0.3) is 0 Å². The van der Waals surface area contributed by atoms with E-state index < -0.39 is 0 Å². The summed E-state index contributed by atoms with van der Waals surface area (Å²) in [6, 6.07) is 7.63. The molecule has 20 heavy (non-hydrogen) atoms. The second kappa shape index (κ2) is 6.58. The number of hydrogen-bond acceptors (Lipinski definition) is 2. The lowest BCUT2D eigenvalue weighted by Crippen LogP contribution is -2.44. The Morgan fingerprint density at radius 1 is 1.40 bits per heavy atom. The van der Waals surface area contributed by atoms with Crippen LogP contribution in [0.1, 0.15) is 42.6 Å². The zero-order chi connectivity index (χ0) is 14.5. The Bertz CT molecular complexity index is 541. The molecule has 2 unspecified atom stereocenters. The van der Waals surface area contributed by atoms with Gasteiger partial charge in [-0.2, -0.15) is 0 Å². The molecule has 0 radical (unpaired) electrons. The molecule has 1 aromatic carbocycles. The summed E-state index contributed by atoms with van der Waals surface area (Å²) >= 11 is 0. The van der Waals surface area contributed by atoms with E-state index in [1.807, 2.05) is 29.2 Å². The van der Waals surface area contributed by atoms with Crippen molar-refractivity contribution in [2.75, 3.05) is 13.2 Å². The zero-order valence-electron chi connectivity index (χ0n) is 12.1. The molecule has 1 fully saturated rings. The minimum atomic E-state index is -0.194. The second-order valence-electron chi connectivity index (χ2n) is 5.48. The molecule has 106 valence electrons. The van der Waals surface area contributed by atoms with E-state index in [-0.39, 0.29) is 18.6 Å². The van der Waals surface area contributed by atoms with Gasteiger partial charge in [-0.1, -0.05) is 30.9 Å². The maximum absolute atomic E-state index is 12.7. The van der Waals surface area contributed by atoms with Gasteiger partial charge in [0.1, 0.15) is 6.61 Å². The van der Waals surface area contributed by atoms with Crippen LogP contribution in [-0.2, 0) is 0 Å². The molecule has 3 heteroatoms. The van der Waals surface area contributed by atoms with E-state index in [4.69, 9.17) is 5.11 Å². The molecule has 2 atom stereocenters. The maximum atomic E-state index is 12.7. The summed E-state index contributed by atoms with van der Waals surface area (Å²) in [6.07, 6.45) is 2.11. The van der Waals surface area contributed by atoms with E-state index in [0.29, 0.717) is 17.0 Å². The number of hydrogen-bond donors (Lipinski definition) is 1. The van der Waals surface area contributed by atoms with E-state index >= 15 is 0 Å². The van der Waals surface area contributed by atoms with Crippen molar-refractivity contribution >= 4 is 5.91 Å². The fourth-order valence-electron chi connectivity index (χ4n) is 2.78. The Hall–Kier alpha value is -1.79. The van der Waals surface area contributed by atoms with Crippen molar-refractivity contribution in [1.29, 1.82) is 0 Å². The van der Waals surface area contributed by atoms with E-state index in [1.165, 1.54) is 0 Å². The van der Waals surface area contributed by atoms with Crippen molar-refractivity contribution in [3.63, 3.8) is 0 Å². The van der Waals surface area contributed by atoms with Gasteiger partial charge in [0.25, 0.3) is 5.91 Å². The molecule has 0 spiro atoms. The molecule has 3 nitrogen and oxygen atoms in total. The molecule has 1 N–H and O–H groups in total. The average Bonchev–Trinajstić information content (AvgIpc) is 2.45. The highest BCUT2D eigenvalue weighted by Gasteiger charge is 2.28. The Kier molecular flexibility index (Phi) is 4.81. The molecule has 0 saturated carbocycles. The summed E-state index contributed by atoms with van der Waals surface area (Å²) in [5, 5.41) is 8.81. The van der Waals surface area contributed by atoms with Gasteiger partial charge in [0.15, 0.2) is 0 Å². The number of nitrogens with zero attached hydrogens (tertiary/aromatic N) is 1. The lowest BCUT2D eigenvalue weighted by molar-refractivity contribution is 0.0588. The van der Waals surface area contributed by atoms with Crippen molar-refractivity contribution in [2.45, 2.75) is 32.7 Å². The van der Waals surface area contributed by atoms with E-state index in [9.17, 15) is 4.79 Å². The van der Waals surface area contributed by atoms with E-state index in [1.54, 1.807) is 0 Å². The number of likely N-dealkylation sites (tertiary alicyclic amines) is 1. The molecule has 0 aliphatic carbocycles. The molecule has 1 amide bonds. The van der Waals surface area contributed by atoms with Crippen LogP contribution >= 0.6 is 0 Å². The molecule has 0 bridgehead atoms. The van der Waals surface area contributed by atoms with Gasteiger partial charge >= 0.3 is 0 Å². The predicted octanol–water partition coefficient (Wildman–Crippen LogP) is 2.29. The van der Waals surface area contributed by atoms with Crippen LogP contribution in [0.3, 0.4) is 0 Å². The minimum Gasteiger partial charge on any atom is -0.384 e. The second-order valence-corrected chi connectivity index (χ2v) is 5.48. The fourth-order valence-corrected chi connectivity index (χ4v) is 2.78. The number of amides is 1. The number of aliphatic hydroxyl groups excluding tert-OH is 1. The number of carbonyl (C=O) groups excluding carboxylic acids is 1. The van der Waals surface area contributed by atoms with Gasteiger partial charge in [0.2, 0.25) is 0 Å². The van der Waals surface area contributed by atoms with Gasteiger partial charge in [-0.05, 0) is 37.8 Å². The summed E-state index contributed by atoms with van der Waals surface area (Å²) in [7, 11) is 0. The van der Waals surface area contributed by atoms with Gasteiger partial charge in [-0.3, -0.25) is 4.79 Å². The first-order valence-electron chi connectivity index (χ1n) is 7.13. The molecule has 0 aromatic heterocycles. The summed E-state index contributed by atoms with van der Waals surface area (Å²) in [5.74, 6) is 6.20. The van der Waals surface area contributed by atoms with Gasteiger partial charge in [0, 0.05) is 18.2 Å². The van der Waals surface area contributed by atoms with Crippen molar-refractivity contribution in [2.24, 2.45) is 5.92 Å². The first-order valence-corrected chi connectivity index (χ1v) is 7.13. The van der Waals surface area contributed by atoms with Crippen LogP contribution in [0.5, 0.6) is 0 Å². The van der Waals surface area contributed by atoms with Gasteiger partial charge in [-0.25, -0.2) is 0 Å². The first kappa shape index (κ1) is 14.6. The van der Waals surface area contributed by atoms with E-state index in [0.717, 1.165) is 19.4 Å². The SMILES string of the molecule is CC1CCN(C(=O)c2ccccc2C#CCO)C(C)C1. The normalized spacial score (nSPS) is 22.1. The summed E-state index contributed by atoms with van der Waals surface area (Å²) in [6.45, 7) is 4.96. The minimum absolute atomic E-state index is 0.0484. The summed E-state index contributed by atoms with van der Waals surface area (Å²) in [4.78, 5) is 14.6. The number of carbonyl (C=O) groups is 1. The Balaban J connectivity index is 2.25. The number of piperidine rings is 1. The lowest BCUT2D eigenvalue weighted by Gasteiger charge is -2.36. The van der Waals surface area contributed by atoms with Crippen LogP contribution in [-0.4, -0.2) is 35.1 Å². The molecular weight excluding hydrogens is 250 g/mol. The van der Waals surface area contributed by atoms with Crippen LogP contribution in [0.15, 0.2) is 24.3 Å². The fraction of sp³-hybridized carbons (Fsp3) is 0.471. The number of rotatable bonds is 1. The molecular formula is C17H21NO2. The zero-order valence-corrected chi connectivity index (χ0v) is 12.1. The highest BCUT2D eigenvalue weighted by atomic mass is 16.2. The Labute approximate surface area is 120 Å². The highest BCUT2D eigenvalue weighted by molar-refractivity contribution is 5.97. The van der Waals surface area contributed by atoms with Crippen LogP contribution in [0, 0.1) is 17.8 Å². The van der Waals surface area contributed by atoms with Gasteiger partial charge in [-0.15, -0.1) is 0 Å². The molecule has 1 aliphatic rings. The molecule has 1 aliphatic heterocycles. The highest BCUT2D eigenvalue weighted by Crippen LogP contribution is 2.24. The van der Waals surface area contributed by atoms with E-state index in [2.05, 4.69) is 25.7 Å². The van der Waals surface area contributed by atoms with Crippen molar-refractivity contribution in [1.82, 2.24) is 4.90 Å². The van der Waals surface area contributed by atoms with Crippen molar-refractivity contribution in [3.05, 3.63) is 35.4 Å². The van der Waals surface area contributed by atoms with Crippen molar-refractivity contribution < 1.29 is 9.90 Å². The largest absolute Gasteiger partial charge is 0.384 e. The third-order valence-corrected chi connectivity index (χ3v) is 3.86. The summed E-state index contributed by atoms with van der Waals surface area (Å²) in [5.41, 5.74) is 1.33. The maximum Gasteiger partial charge on any atom is 0.255 e. The molecule has 1 aromatic rings.